The minimum atomic E-state index is -0.736. The zero-order chi connectivity index (χ0) is 17.7. The average Bonchev–Trinajstić information content (AvgIpc) is 2.54. The van der Waals surface area contributed by atoms with E-state index in [1.807, 2.05) is 0 Å². The summed E-state index contributed by atoms with van der Waals surface area (Å²) >= 11 is 5.97. The van der Waals surface area contributed by atoms with Gasteiger partial charge in [-0.1, -0.05) is 11.6 Å². The molecule has 2 aromatic heterocycles. The molecule has 1 aliphatic heterocycles. The van der Waals surface area contributed by atoms with Crippen LogP contribution in [0.5, 0.6) is 5.75 Å². The molecule has 1 aliphatic rings. The van der Waals surface area contributed by atoms with Gasteiger partial charge in [-0.15, -0.1) is 0 Å². The number of hydrogen-bond donors (Lipinski definition) is 1. The van der Waals surface area contributed by atoms with Gasteiger partial charge in [0.25, 0.3) is 5.56 Å². The largest absolute Gasteiger partial charge is 0.464 e. The second-order valence-electron chi connectivity index (χ2n) is 5.95. The van der Waals surface area contributed by atoms with Crippen LogP contribution < -0.4 is 15.7 Å². The van der Waals surface area contributed by atoms with Crippen LogP contribution in [0.25, 0.3) is 11.0 Å². The number of esters is 1. The molecule has 126 valence electrons. The standard InChI is InChI=1S/C18H12ClNO5/c1-8-4-14-16(18(23)20-8)10(6-15(21)25-14)12-7-24-13-3-2-9(19)5-11(13)17(12)22/h2-5,7,10H,6H2,1H3,(H,20,23)/t10-/m0/s1. The molecule has 3 heterocycles. The lowest BCUT2D eigenvalue weighted by Crippen LogP contribution is -2.30. The molecule has 25 heavy (non-hydrogen) atoms. The summed E-state index contributed by atoms with van der Waals surface area (Å²) in [6.07, 6.45) is 1.18. The van der Waals surface area contributed by atoms with Crippen molar-refractivity contribution >= 4 is 28.5 Å². The van der Waals surface area contributed by atoms with Crippen LogP contribution in [-0.4, -0.2) is 11.0 Å². The molecule has 1 N–H and O–H groups in total. The topological polar surface area (TPSA) is 89.4 Å². The van der Waals surface area contributed by atoms with Crippen molar-refractivity contribution in [1.82, 2.24) is 4.98 Å². The van der Waals surface area contributed by atoms with Gasteiger partial charge in [0, 0.05) is 28.3 Å². The highest BCUT2D eigenvalue weighted by Crippen LogP contribution is 2.36. The molecule has 0 spiro atoms. The van der Waals surface area contributed by atoms with E-state index in [1.54, 1.807) is 25.1 Å². The third-order valence-corrected chi connectivity index (χ3v) is 4.48. The molecule has 6 nitrogen and oxygen atoms in total. The lowest BCUT2D eigenvalue weighted by atomic mass is 9.87. The second kappa shape index (κ2) is 5.60. The van der Waals surface area contributed by atoms with Crippen molar-refractivity contribution in [2.45, 2.75) is 19.3 Å². The zero-order valence-corrected chi connectivity index (χ0v) is 13.8. The van der Waals surface area contributed by atoms with E-state index >= 15 is 0 Å². The van der Waals surface area contributed by atoms with Gasteiger partial charge in [0.2, 0.25) is 0 Å². The smallest absolute Gasteiger partial charge is 0.312 e. The molecule has 1 atom stereocenters. The van der Waals surface area contributed by atoms with Gasteiger partial charge >= 0.3 is 5.97 Å². The Bertz CT molecular complexity index is 1140. The van der Waals surface area contributed by atoms with Gasteiger partial charge in [-0.25, -0.2) is 0 Å². The van der Waals surface area contributed by atoms with E-state index in [1.165, 1.54) is 12.3 Å². The van der Waals surface area contributed by atoms with Gasteiger partial charge in [-0.2, -0.15) is 0 Å². The van der Waals surface area contributed by atoms with Gasteiger partial charge < -0.3 is 14.1 Å². The van der Waals surface area contributed by atoms with Gasteiger partial charge in [0.05, 0.1) is 23.6 Å². The third kappa shape index (κ3) is 2.55. The first-order chi connectivity index (χ1) is 11.9. The quantitative estimate of drug-likeness (QED) is 0.676. The number of carbonyl (C=O) groups is 1. The molecule has 0 fully saturated rings. The van der Waals surface area contributed by atoms with Crippen LogP contribution in [0.3, 0.4) is 0 Å². The molecular weight excluding hydrogens is 346 g/mol. The maximum absolute atomic E-state index is 12.9. The molecular formula is C18H12ClNO5. The summed E-state index contributed by atoms with van der Waals surface area (Å²) < 4.78 is 10.7. The summed E-state index contributed by atoms with van der Waals surface area (Å²) in [5.41, 5.74) is 0.706. The number of carbonyl (C=O) groups excluding carboxylic acids is 1. The summed E-state index contributed by atoms with van der Waals surface area (Å²) in [7, 11) is 0. The predicted octanol–water partition coefficient (Wildman–Crippen LogP) is 2.88. The number of aryl methyl sites for hydroxylation is 1. The number of nitrogens with one attached hydrogen (secondary N) is 1. The molecule has 7 heteroatoms. The van der Waals surface area contributed by atoms with Crippen LogP contribution >= 0.6 is 11.6 Å². The summed E-state index contributed by atoms with van der Waals surface area (Å²) in [6, 6.07) is 6.29. The van der Waals surface area contributed by atoms with Gasteiger partial charge in [-0.3, -0.25) is 14.4 Å². The van der Waals surface area contributed by atoms with Crippen LogP contribution in [0.2, 0.25) is 5.02 Å². The summed E-state index contributed by atoms with van der Waals surface area (Å²) in [5.74, 6) is -1.07. The van der Waals surface area contributed by atoms with Crippen molar-refractivity contribution in [3.05, 3.63) is 72.9 Å². The lowest BCUT2D eigenvalue weighted by Gasteiger charge is -2.23. The number of rotatable bonds is 1. The van der Waals surface area contributed by atoms with Crippen molar-refractivity contribution in [3.63, 3.8) is 0 Å². The predicted molar refractivity (Wildman–Crippen MR) is 91.4 cm³/mol. The van der Waals surface area contributed by atoms with Crippen molar-refractivity contribution in [1.29, 1.82) is 0 Å². The van der Waals surface area contributed by atoms with Gasteiger partial charge in [-0.05, 0) is 25.1 Å². The molecule has 0 saturated carbocycles. The first-order valence-electron chi connectivity index (χ1n) is 7.59. The zero-order valence-electron chi connectivity index (χ0n) is 13.1. The number of hydrogen-bond acceptors (Lipinski definition) is 5. The minimum Gasteiger partial charge on any atom is -0.464 e. The van der Waals surface area contributed by atoms with Crippen molar-refractivity contribution < 1.29 is 13.9 Å². The molecule has 4 rings (SSSR count). The molecule has 3 aromatic rings. The number of halogens is 1. The number of benzene rings is 1. The Kier molecular flexibility index (Phi) is 3.51. The van der Waals surface area contributed by atoms with E-state index in [0.717, 1.165) is 0 Å². The highest BCUT2D eigenvalue weighted by atomic mass is 35.5. The van der Waals surface area contributed by atoms with Crippen LogP contribution in [-0.2, 0) is 4.79 Å². The number of pyridine rings is 1. The SMILES string of the molecule is Cc1cc2c(c(=O)[nH]1)[C@H](c1coc3ccc(Cl)cc3c1=O)CC(=O)O2. The van der Waals surface area contributed by atoms with Crippen LogP contribution in [0, 0.1) is 6.92 Å². The van der Waals surface area contributed by atoms with Gasteiger partial charge in [0.1, 0.15) is 11.3 Å². The Balaban J connectivity index is 1.99. The number of H-pyrrole nitrogens is 1. The number of fused-ring (bicyclic) bond motifs is 2. The van der Waals surface area contributed by atoms with Crippen molar-refractivity contribution in [2.75, 3.05) is 0 Å². The number of aromatic amines is 1. The number of ether oxygens (including phenoxy) is 1. The van der Waals surface area contributed by atoms with Crippen LogP contribution in [0.15, 0.2) is 44.5 Å². The fraction of sp³-hybridized carbons (Fsp3) is 0.167. The molecule has 0 amide bonds. The van der Waals surface area contributed by atoms with Crippen molar-refractivity contribution in [3.8, 4) is 5.75 Å². The normalized spacial score (nSPS) is 16.6. The Hall–Kier alpha value is -2.86. The van der Waals surface area contributed by atoms with E-state index in [9.17, 15) is 14.4 Å². The fourth-order valence-electron chi connectivity index (χ4n) is 3.14. The maximum atomic E-state index is 12.9. The third-order valence-electron chi connectivity index (χ3n) is 4.25. The average molecular weight is 358 g/mol. The van der Waals surface area contributed by atoms with E-state index in [2.05, 4.69) is 4.98 Å². The van der Waals surface area contributed by atoms with Crippen LogP contribution in [0.1, 0.15) is 29.2 Å². The van der Waals surface area contributed by atoms with Crippen molar-refractivity contribution in [2.24, 2.45) is 0 Å². The van der Waals surface area contributed by atoms with E-state index in [0.29, 0.717) is 21.7 Å². The first-order valence-corrected chi connectivity index (χ1v) is 7.97. The Morgan fingerprint density at radius 2 is 2.00 bits per heavy atom. The van der Waals surface area contributed by atoms with Gasteiger partial charge in [0.15, 0.2) is 5.43 Å². The van der Waals surface area contributed by atoms with E-state index < -0.39 is 17.4 Å². The van der Waals surface area contributed by atoms with E-state index in [-0.39, 0.29) is 28.7 Å². The summed E-state index contributed by atoms with van der Waals surface area (Å²) in [5, 5.41) is 0.697. The molecule has 0 aliphatic carbocycles. The lowest BCUT2D eigenvalue weighted by molar-refractivity contribution is -0.135. The molecule has 0 bridgehead atoms. The highest BCUT2D eigenvalue weighted by molar-refractivity contribution is 6.31. The molecule has 0 unspecified atom stereocenters. The minimum absolute atomic E-state index is 0.115. The Morgan fingerprint density at radius 3 is 2.80 bits per heavy atom. The van der Waals surface area contributed by atoms with Crippen LogP contribution in [0.4, 0.5) is 0 Å². The molecule has 1 aromatic carbocycles. The summed E-state index contributed by atoms with van der Waals surface area (Å²) in [4.78, 5) is 39.9. The second-order valence-corrected chi connectivity index (χ2v) is 6.39. The Labute approximate surface area is 146 Å². The highest BCUT2D eigenvalue weighted by Gasteiger charge is 2.33. The first kappa shape index (κ1) is 15.7. The summed E-state index contributed by atoms with van der Waals surface area (Å²) in [6.45, 7) is 1.69. The van der Waals surface area contributed by atoms with E-state index in [4.69, 9.17) is 20.8 Å². The maximum Gasteiger partial charge on any atom is 0.312 e. The number of aromatic nitrogens is 1. The monoisotopic (exact) mass is 357 g/mol. The molecule has 0 saturated heterocycles. The fourth-order valence-corrected chi connectivity index (χ4v) is 3.31. The Morgan fingerprint density at radius 1 is 1.20 bits per heavy atom. The molecule has 0 radical (unpaired) electrons.